The van der Waals surface area contributed by atoms with E-state index in [2.05, 4.69) is 15.5 Å². The van der Waals surface area contributed by atoms with Crippen LogP contribution in [0.25, 0.3) is 0 Å². The van der Waals surface area contributed by atoms with Crippen molar-refractivity contribution in [3.05, 3.63) is 48.0 Å². The van der Waals surface area contributed by atoms with Gasteiger partial charge in [-0.15, -0.1) is 0 Å². The predicted molar refractivity (Wildman–Crippen MR) is 66.0 cm³/mol. The maximum absolute atomic E-state index is 11.6. The van der Waals surface area contributed by atoms with E-state index in [-0.39, 0.29) is 35.3 Å². The Balaban J connectivity index is 0.00000220. The molecule has 0 spiro atoms. The van der Waals surface area contributed by atoms with Crippen LogP contribution in [0.15, 0.2) is 51.3 Å². The van der Waals surface area contributed by atoms with Gasteiger partial charge in [0, 0.05) is 12.4 Å². The standard InChI is InChI=1S/C11H9N3O5S.Na/c15-11(8-2-1-5-12-6-8)14-13-7-9-3-4-10(19-9)20(16,17)18;/h1-7H,(H,14,15)(H,16,17,18);/q;+1/p-1. The Morgan fingerprint density at radius 2 is 2.14 bits per heavy atom. The summed E-state index contributed by atoms with van der Waals surface area (Å²) in [5.41, 5.74) is 2.51. The molecule has 0 aliphatic carbocycles. The summed E-state index contributed by atoms with van der Waals surface area (Å²) in [6.07, 6.45) is 3.95. The van der Waals surface area contributed by atoms with Gasteiger partial charge in [-0.2, -0.15) is 5.10 Å². The summed E-state index contributed by atoms with van der Waals surface area (Å²) in [5.74, 6) is -0.469. The molecule has 0 aliphatic heterocycles. The van der Waals surface area contributed by atoms with Crippen LogP contribution in [0.5, 0.6) is 0 Å². The van der Waals surface area contributed by atoms with Gasteiger partial charge < -0.3 is 8.97 Å². The van der Waals surface area contributed by atoms with Crippen molar-refractivity contribution in [1.82, 2.24) is 10.4 Å². The summed E-state index contributed by atoms with van der Waals surface area (Å²) < 4.78 is 36.7. The van der Waals surface area contributed by atoms with Crippen LogP contribution in [-0.4, -0.2) is 30.1 Å². The largest absolute Gasteiger partial charge is 1.00 e. The van der Waals surface area contributed by atoms with E-state index in [0.717, 1.165) is 12.3 Å². The fourth-order valence-electron chi connectivity index (χ4n) is 1.25. The van der Waals surface area contributed by atoms with Gasteiger partial charge in [-0.05, 0) is 24.3 Å². The topological polar surface area (TPSA) is 125 Å². The Bertz CT molecular complexity index is 742. The van der Waals surface area contributed by atoms with Crippen LogP contribution in [0.3, 0.4) is 0 Å². The molecule has 8 nitrogen and oxygen atoms in total. The summed E-state index contributed by atoms with van der Waals surface area (Å²) in [6.45, 7) is 0. The molecule has 104 valence electrons. The molecule has 0 fully saturated rings. The van der Waals surface area contributed by atoms with Crippen LogP contribution in [0.1, 0.15) is 16.1 Å². The zero-order chi connectivity index (χ0) is 14.6. The number of rotatable bonds is 4. The van der Waals surface area contributed by atoms with E-state index in [1.807, 2.05) is 0 Å². The third-order valence-electron chi connectivity index (χ3n) is 2.13. The summed E-state index contributed by atoms with van der Waals surface area (Å²) in [4.78, 5) is 15.3. The van der Waals surface area contributed by atoms with Gasteiger partial charge in [0.25, 0.3) is 5.91 Å². The van der Waals surface area contributed by atoms with Crippen molar-refractivity contribution >= 4 is 22.2 Å². The van der Waals surface area contributed by atoms with Crippen molar-refractivity contribution in [2.75, 3.05) is 0 Å². The number of hydrogen-bond donors (Lipinski definition) is 1. The van der Waals surface area contributed by atoms with Crippen molar-refractivity contribution in [2.45, 2.75) is 5.09 Å². The van der Waals surface area contributed by atoms with E-state index in [0.29, 0.717) is 5.56 Å². The maximum atomic E-state index is 11.6. The normalized spacial score (nSPS) is 11.1. The van der Waals surface area contributed by atoms with Gasteiger partial charge in [-0.3, -0.25) is 9.78 Å². The summed E-state index contributed by atoms with van der Waals surface area (Å²) in [6, 6.07) is 5.39. The van der Waals surface area contributed by atoms with E-state index in [4.69, 9.17) is 4.42 Å². The van der Waals surface area contributed by atoms with Crippen molar-refractivity contribution in [3.63, 3.8) is 0 Å². The van der Waals surface area contributed by atoms with Gasteiger partial charge in [-0.1, -0.05) is 0 Å². The van der Waals surface area contributed by atoms with E-state index >= 15 is 0 Å². The zero-order valence-corrected chi connectivity index (χ0v) is 13.7. The van der Waals surface area contributed by atoms with Gasteiger partial charge in [-0.25, -0.2) is 13.8 Å². The minimum Gasteiger partial charge on any atom is -0.742 e. The summed E-state index contributed by atoms with van der Waals surface area (Å²) >= 11 is 0. The molecule has 0 atom stereocenters. The van der Waals surface area contributed by atoms with Gasteiger partial charge in [0.15, 0.2) is 10.1 Å². The third kappa shape index (κ3) is 5.06. The number of nitrogens with one attached hydrogen (secondary N) is 1. The molecule has 1 amide bonds. The Morgan fingerprint density at radius 3 is 2.71 bits per heavy atom. The van der Waals surface area contributed by atoms with E-state index in [9.17, 15) is 17.8 Å². The second-order valence-electron chi connectivity index (χ2n) is 3.55. The molecule has 0 saturated carbocycles. The molecule has 2 aromatic heterocycles. The minimum atomic E-state index is -4.64. The van der Waals surface area contributed by atoms with Crippen LogP contribution in [-0.2, 0) is 10.1 Å². The summed E-state index contributed by atoms with van der Waals surface area (Å²) in [7, 11) is -4.64. The first kappa shape index (κ1) is 17.5. The van der Waals surface area contributed by atoms with Crippen molar-refractivity contribution in [3.8, 4) is 0 Å². The Hall–Kier alpha value is -1.52. The summed E-state index contributed by atoms with van der Waals surface area (Å²) in [5, 5.41) is 2.86. The molecule has 0 aromatic carbocycles. The zero-order valence-electron chi connectivity index (χ0n) is 10.9. The van der Waals surface area contributed by atoms with Crippen LogP contribution in [0, 0.1) is 0 Å². The third-order valence-corrected chi connectivity index (χ3v) is 2.84. The van der Waals surface area contributed by atoms with Gasteiger partial charge in [0.1, 0.15) is 5.76 Å². The second kappa shape index (κ2) is 7.48. The average molecular weight is 317 g/mol. The Labute approximate surface area is 142 Å². The van der Waals surface area contributed by atoms with Gasteiger partial charge >= 0.3 is 29.6 Å². The molecule has 0 aliphatic rings. The number of amides is 1. The SMILES string of the molecule is O=C(NN=Cc1ccc(S(=O)(=O)[O-])o1)c1cccnc1.[Na+]. The first-order valence-electron chi connectivity index (χ1n) is 5.26. The molecule has 1 N–H and O–H groups in total. The van der Waals surface area contributed by atoms with Crippen molar-refractivity contribution in [2.24, 2.45) is 5.10 Å². The number of furan rings is 1. The molecular formula is C11H8N3NaO5S. The number of aromatic nitrogens is 1. The van der Waals surface area contributed by atoms with Gasteiger partial charge in [0.05, 0.1) is 11.8 Å². The number of hydrogen-bond acceptors (Lipinski definition) is 7. The number of carbonyl (C=O) groups is 1. The van der Waals surface area contributed by atoms with E-state index in [1.54, 1.807) is 12.1 Å². The molecule has 21 heavy (non-hydrogen) atoms. The first-order valence-corrected chi connectivity index (χ1v) is 6.67. The predicted octanol–water partition coefficient (Wildman–Crippen LogP) is -2.65. The number of carbonyl (C=O) groups excluding carboxylic acids is 1. The Kier molecular flexibility index (Phi) is 6.24. The molecular weight excluding hydrogens is 309 g/mol. The molecule has 2 rings (SSSR count). The monoisotopic (exact) mass is 317 g/mol. The number of pyridine rings is 1. The molecule has 0 unspecified atom stereocenters. The Morgan fingerprint density at radius 1 is 1.38 bits per heavy atom. The van der Waals surface area contributed by atoms with Gasteiger partial charge in [0.2, 0.25) is 5.09 Å². The maximum Gasteiger partial charge on any atom is 1.00 e. The first-order chi connectivity index (χ1) is 9.47. The molecule has 2 aromatic rings. The molecule has 0 radical (unpaired) electrons. The van der Waals surface area contributed by atoms with Crippen molar-refractivity contribution < 1.29 is 51.7 Å². The molecule has 2 heterocycles. The van der Waals surface area contributed by atoms with Crippen molar-refractivity contribution in [1.29, 1.82) is 0 Å². The van der Waals surface area contributed by atoms with E-state index in [1.165, 1.54) is 18.5 Å². The molecule has 0 bridgehead atoms. The van der Waals surface area contributed by atoms with Crippen LogP contribution >= 0.6 is 0 Å². The molecule has 0 saturated heterocycles. The smallest absolute Gasteiger partial charge is 0.742 e. The van der Waals surface area contributed by atoms with Crippen LogP contribution in [0.4, 0.5) is 0 Å². The fraction of sp³-hybridized carbons (Fsp3) is 0. The van der Waals surface area contributed by atoms with Crippen LogP contribution < -0.4 is 35.0 Å². The number of hydrazone groups is 1. The second-order valence-corrected chi connectivity index (χ2v) is 4.86. The minimum absolute atomic E-state index is 0. The quantitative estimate of drug-likeness (QED) is 0.284. The molecule has 10 heteroatoms. The number of nitrogens with zero attached hydrogens (tertiary/aromatic N) is 2. The van der Waals surface area contributed by atoms with Crippen LogP contribution in [0.2, 0.25) is 0 Å². The fourth-order valence-corrected chi connectivity index (χ4v) is 1.69. The van der Waals surface area contributed by atoms with E-state index < -0.39 is 21.1 Å². The average Bonchev–Trinajstić information content (AvgIpc) is 2.88.